The quantitative estimate of drug-likeness (QED) is 0.276. The van der Waals surface area contributed by atoms with Gasteiger partial charge in [0.2, 0.25) is 0 Å². The Hall–Kier alpha value is -2.70. The number of benzene rings is 2. The highest BCUT2D eigenvalue weighted by molar-refractivity contribution is 6.18. The second-order valence-corrected chi connectivity index (χ2v) is 6.22. The second-order valence-electron chi connectivity index (χ2n) is 6.22. The minimum absolute atomic E-state index is 0.0371. The summed E-state index contributed by atoms with van der Waals surface area (Å²) in [5, 5.41) is 24.2. The Bertz CT molecular complexity index is 790. The van der Waals surface area contributed by atoms with Gasteiger partial charge in [0.15, 0.2) is 12.1 Å². The lowest BCUT2D eigenvalue weighted by Gasteiger charge is -2.18. The molecule has 6 heteroatoms. The SMILES string of the molecule is Cc1ccccc1C(=O)c1c(NCCCO)ccc(NCCCO)c1C=O. The van der Waals surface area contributed by atoms with Crippen LogP contribution in [0.5, 0.6) is 0 Å². The standard InChI is InChI=1S/C21H26N2O4/c1-15-6-2-3-7-16(15)21(27)20-17(14-26)18(22-10-4-12-24)8-9-19(20)23-11-5-13-25/h2-3,6-9,14,22-25H,4-5,10-13H2,1H3. The molecule has 0 aliphatic heterocycles. The Morgan fingerprint density at radius 1 is 0.963 bits per heavy atom. The Labute approximate surface area is 159 Å². The number of aldehydes is 1. The molecule has 0 heterocycles. The summed E-state index contributed by atoms with van der Waals surface area (Å²) in [5.41, 5.74) is 3.09. The normalized spacial score (nSPS) is 10.5. The van der Waals surface area contributed by atoms with Gasteiger partial charge in [-0.2, -0.15) is 0 Å². The summed E-state index contributed by atoms with van der Waals surface area (Å²) in [6.45, 7) is 2.91. The van der Waals surface area contributed by atoms with E-state index >= 15 is 0 Å². The van der Waals surface area contributed by atoms with Crippen molar-refractivity contribution in [3.63, 3.8) is 0 Å². The van der Waals surface area contributed by atoms with Crippen LogP contribution in [0.2, 0.25) is 0 Å². The lowest BCUT2D eigenvalue weighted by atomic mass is 9.93. The van der Waals surface area contributed by atoms with Crippen LogP contribution >= 0.6 is 0 Å². The van der Waals surface area contributed by atoms with E-state index in [1.165, 1.54) is 0 Å². The summed E-state index contributed by atoms with van der Waals surface area (Å²) in [6, 6.07) is 10.8. The van der Waals surface area contributed by atoms with Gasteiger partial charge in [-0.15, -0.1) is 0 Å². The first-order valence-electron chi connectivity index (χ1n) is 9.06. The molecule has 0 aliphatic rings. The fourth-order valence-electron chi connectivity index (χ4n) is 2.85. The van der Waals surface area contributed by atoms with E-state index in [1.807, 2.05) is 19.1 Å². The van der Waals surface area contributed by atoms with Gasteiger partial charge in [0, 0.05) is 43.2 Å². The van der Waals surface area contributed by atoms with Crippen molar-refractivity contribution in [2.45, 2.75) is 19.8 Å². The van der Waals surface area contributed by atoms with Crippen LogP contribution in [0.3, 0.4) is 0 Å². The first-order chi connectivity index (χ1) is 13.1. The molecule has 0 saturated heterocycles. The molecule has 27 heavy (non-hydrogen) atoms. The maximum atomic E-state index is 13.3. The van der Waals surface area contributed by atoms with Crippen LogP contribution in [-0.4, -0.2) is 48.6 Å². The topological polar surface area (TPSA) is 98.7 Å². The van der Waals surface area contributed by atoms with E-state index in [1.54, 1.807) is 24.3 Å². The lowest BCUT2D eigenvalue weighted by molar-refractivity contribution is 0.103. The molecular weight excluding hydrogens is 344 g/mol. The molecule has 2 rings (SSSR count). The van der Waals surface area contributed by atoms with Crippen molar-refractivity contribution in [3.05, 3.63) is 58.7 Å². The van der Waals surface area contributed by atoms with E-state index in [0.717, 1.165) is 5.56 Å². The van der Waals surface area contributed by atoms with Gasteiger partial charge >= 0.3 is 0 Å². The average Bonchev–Trinajstić information content (AvgIpc) is 2.68. The van der Waals surface area contributed by atoms with Gasteiger partial charge < -0.3 is 20.8 Å². The smallest absolute Gasteiger partial charge is 0.196 e. The van der Waals surface area contributed by atoms with Crippen molar-refractivity contribution in [2.75, 3.05) is 36.9 Å². The van der Waals surface area contributed by atoms with E-state index in [4.69, 9.17) is 10.2 Å². The van der Waals surface area contributed by atoms with Gasteiger partial charge in [0.1, 0.15) is 0 Å². The summed E-state index contributed by atoms with van der Waals surface area (Å²) < 4.78 is 0. The van der Waals surface area contributed by atoms with Crippen molar-refractivity contribution >= 4 is 23.4 Å². The number of hydrogen-bond acceptors (Lipinski definition) is 6. The number of carbonyl (C=O) groups excluding carboxylic acids is 2. The molecule has 2 aromatic carbocycles. The predicted octanol–water partition coefficient (Wildman–Crippen LogP) is 2.63. The average molecular weight is 370 g/mol. The summed E-state index contributed by atoms with van der Waals surface area (Å²) >= 11 is 0. The molecular formula is C21H26N2O4. The van der Waals surface area contributed by atoms with Crippen molar-refractivity contribution in [1.82, 2.24) is 0 Å². The molecule has 6 nitrogen and oxygen atoms in total. The van der Waals surface area contributed by atoms with Gasteiger partial charge in [0.05, 0.1) is 11.1 Å². The first kappa shape index (κ1) is 20.6. The Balaban J connectivity index is 2.50. The van der Waals surface area contributed by atoms with Gasteiger partial charge in [0.25, 0.3) is 0 Å². The van der Waals surface area contributed by atoms with E-state index in [0.29, 0.717) is 54.7 Å². The lowest BCUT2D eigenvalue weighted by Crippen LogP contribution is -2.15. The molecule has 0 atom stereocenters. The van der Waals surface area contributed by atoms with Gasteiger partial charge in [-0.3, -0.25) is 9.59 Å². The number of ketones is 1. The molecule has 0 amide bonds. The van der Waals surface area contributed by atoms with Gasteiger partial charge in [-0.25, -0.2) is 0 Å². The third kappa shape index (κ3) is 5.15. The summed E-state index contributed by atoms with van der Waals surface area (Å²) in [7, 11) is 0. The molecule has 0 saturated carbocycles. The molecule has 0 bridgehead atoms. The maximum Gasteiger partial charge on any atom is 0.196 e. The molecule has 0 unspecified atom stereocenters. The Morgan fingerprint density at radius 2 is 1.56 bits per heavy atom. The van der Waals surface area contributed by atoms with E-state index < -0.39 is 0 Å². The molecule has 0 fully saturated rings. The monoisotopic (exact) mass is 370 g/mol. The number of aliphatic hydroxyl groups excluding tert-OH is 2. The molecule has 0 aliphatic carbocycles. The van der Waals surface area contributed by atoms with Crippen molar-refractivity contribution in [2.24, 2.45) is 0 Å². The largest absolute Gasteiger partial charge is 0.396 e. The molecule has 0 spiro atoms. The number of nitrogens with one attached hydrogen (secondary N) is 2. The highest BCUT2D eigenvalue weighted by atomic mass is 16.3. The number of hydrogen-bond donors (Lipinski definition) is 4. The third-order valence-corrected chi connectivity index (χ3v) is 4.28. The van der Waals surface area contributed by atoms with Crippen LogP contribution in [0.15, 0.2) is 36.4 Å². The first-order valence-corrected chi connectivity index (χ1v) is 9.06. The Morgan fingerprint density at radius 3 is 2.15 bits per heavy atom. The van der Waals surface area contributed by atoms with Crippen molar-refractivity contribution in [1.29, 1.82) is 0 Å². The van der Waals surface area contributed by atoms with E-state index in [9.17, 15) is 9.59 Å². The number of carbonyl (C=O) groups is 2. The van der Waals surface area contributed by atoms with Crippen LogP contribution < -0.4 is 10.6 Å². The number of rotatable bonds is 11. The third-order valence-electron chi connectivity index (χ3n) is 4.28. The predicted molar refractivity (Wildman–Crippen MR) is 107 cm³/mol. The second kappa shape index (κ2) is 10.4. The molecule has 0 radical (unpaired) electrons. The van der Waals surface area contributed by atoms with E-state index in [-0.39, 0.29) is 24.6 Å². The van der Waals surface area contributed by atoms with Crippen LogP contribution in [-0.2, 0) is 0 Å². The summed E-state index contributed by atoms with van der Waals surface area (Å²) in [5.74, 6) is -0.229. The Kier molecular flexibility index (Phi) is 7.98. The fraction of sp³-hybridized carbons (Fsp3) is 0.333. The summed E-state index contributed by atoms with van der Waals surface area (Å²) in [6.07, 6.45) is 1.75. The van der Waals surface area contributed by atoms with Crippen LogP contribution in [0.1, 0.15) is 44.7 Å². The molecule has 0 aromatic heterocycles. The zero-order valence-electron chi connectivity index (χ0n) is 15.5. The zero-order valence-corrected chi connectivity index (χ0v) is 15.5. The van der Waals surface area contributed by atoms with Crippen LogP contribution in [0.25, 0.3) is 0 Å². The zero-order chi connectivity index (χ0) is 19.6. The highest BCUT2D eigenvalue weighted by Gasteiger charge is 2.22. The fourth-order valence-corrected chi connectivity index (χ4v) is 2.85. The molecule has 4 N–H and O–H groups in total. The van der Waals surface area contributed by atoms with Crippen LogP contribution in [0.4, 0.5) is 11.4 Å². The van der Waals surface area contributed by atoms with Crippen molar-refractivity contribution in [3.8, 4) is 0 Å². The number of aryl methyl sites for hydroxylation is 1. The van der Waals surface area contributed by atoms with Gasteiger partial charge in [-0.05, 0) is 37.5 Å². The van der Waals surface area contributed by atoms with E-state index in [2.05, 4.69) is 10.6 Å². The molecule has 2 aromatic rings. The number of anilines is 2. The minimum Gasteiger partial charge on any atom is -0.396 e. The maximum absolute atomic E-state index is 13.3. The molecule has 144 valence electrons. The van der Waals surface area contributed by atoms with Crippen molar-refractivity contribution < 1.29 is 19.8 Å². The van der Waals surface area contributed by atoms with Crippen LogP contribution in [0, 0.1) is 6.92 Å². The minimum atomic E-state index is -0.229. The summed E-state index contributed by atoms with van der Waals surface area (Å²) in [4.78, 5) is 25.1. The van der Waals surface area contributed by atoms with Gasteiger partial charge in [-0.1, -0.05) is 24.3 Å². The number of aliphatic hydroxyl groups is 2. The highest BCUT2D eigenvalue weighted by Crippen LogP contribution is 2.29.